The van der Waals surface area contributed by atoms with E-state index in [1.54, 1.807) is 0 Å². The van der Waals surface area contributed by atoms with Gasteiger partial charge in [-0.25, -0.2) is 0 Å². The van der Waals surface area contributed by atoms with Gasteiger partial charge in [0.05, 0.1) is 25.4 Å². The van der Waals surface area contributed by atoms with Gasteiger partial charge < -0.3 is 30.3 Å². The molecule has 2 fully saturated rings. The summed E-state index contributed by atoms with van der Waals surface area (Å²) in [6.45, 7) is 3.94. The van der Waals surface area contributed by atoms with Crippen molar-refractivity contribution >= 4 is 17.5 Å². The Kier molecular flexibility index (Phi) is 11.5. The molecule has 2 aromatic rings. The maximum absolute atomic E-state index is 12.5. The molecular formula is C31H43N3O6. The van der Waals surface area contributed by atoms with Crippen molar-refractivity contribution in [2.24, 2.45) is 0 Å². The molecule has 0 saturated carbocycles. The molecule has 4 N–H and O–H groups in total. The zero-order chi connectivity index (χ0) is 28.3. The number of nitrogens with one attached hydrogen (secondary N) is 2. The average Bonchev–Trinajstić information content (AvgIpc) is 3.41. The van der Waals surface area contributed by atoms with Gasteiger partial charge in [-0.2, -0.15) is 0 Å². The molecule has 9 nitrogen and oxygen atoms in total. The Morgan fingerprint density at radius 2 is 1.85 bits per heavy atom. The predicted molar refractivity (Wildman–Crippen MR) is 152 cm³/mol. The summed E-state index contributed by atoms with van der Waals surface area (Å²) in [5, 5.41) is 25.0. The quantitative estimate of drug-likeness (QED) is 0.278. The van der Waals surface area contributed by atoms with Crippen molar-refractivity contribution in [2.75, 3.05) is 31.6 Å². The third-order valence-corrected chi connectivity index (χ3v) is 7.66. The maximum atomic E-state index is 12.5. The van der Waals surface area contributed by atoms with Gasteiger partial charge in [0.25, 0.3) is 0 Å². The Balaban J connectivity index is 1.40. The third-order valence-electron chi connectivity index (χ3n) is 7.66. The molecule has 2 heterocycles. The van der Waals surface area contributed by atoms with Gasteiger partial charge in [-0.15, -0.1) is 0 Å². The number of carbonyl (C=O) groups excluding carboxylic acids is 2. The number of unbranched alkanes of at least 4 members (excludes halogenated alkanes) is 2. The molecule has 4 unspecified atom stereocenters. The monoisotopic (exact) mass is 553 g/mol. The lowest BCUT2D eigenvalue weighted by molar-refractivity contribution is -0.253. The van der Waals surface area contributed by atoms with E-state index in [1.807, 2.05) is 48.5 Å². The first-order valence-electron chi connectivity index (χ1n) is 14.4. The van der Waals surface area contributed by atoms with E-state index in [0.29, 0.717) is 31.6 Å². The Hall–Kier alpha value is -2.82. The summed E-state index contributed by atoms with van der Waals surface area (Å²) in [5.41, 5.74) is 3.40. The fraction of sp³-hybridized carbons (Fsp3) is 0.548. The van der Waals surface area contributed by atoms with E-state index in [9.17, 15) is 19.8 Å². The lowest BCUT2D eigenvalue weighted by Crippen LogP contribution is -2.42. The largest absolute Gasteiger partial charge is 0.395 e. The molecule has 2 aliphatic rings. The summed E-state index contributed by atoms with van der Waals surface area (Å²) in [7, 11) is 0. The van der Waals surface area contributed by atoms with E-state index in [2.05, 4.69) is 15.5 Å². The van der Waals surface area contributed by atoms with E-state index in [4.69, 9.17) is 9.47 Å². The zero-order valence-corrected chi connectivity index (χ0v) is 23.4. The number of anilines is 1. The van der Waals surface area contributed by atoms with Crippen molar-refractivity contribution in [1.82, 2.24) is 10.2 Å². The average molecular weight is 554 g/mol. The second kappa shape index (κ2) is 15.3. The van der Waals surface area contributed by atoms with Crippen LogP contribution in [0.4, 0.5) is 5.69 Å². The van der Waals surface area contributed by atoms with Crippen LogP contribution in [0.2, 0.25) is 0 Å². The highest BCUT2D eigenvalue weighted by Crippen LogP contribution is 2.39. The molecule has 0 bridgehead atoms. The molecule has 218 valence electrons. The fourth-order valence-corrected chi connectivity index (χ4v) is 5.48. The number of aliphatic hydroxyl groups excluding tert-OH is 2. The summed E-state index contributed by atoms with van der Waals surface area (Å²) >= 11 is 0. The van der Waals surface area contributed by atoms with Gasteiger partial charge in [0.15, 0.2) is 6.29 Å². The van der Waals surface area contributed by atoms with Crippen LogP contribution in [-0.2, 0) is 25.7 Å². The number of likely N-dealkylation sites (tertiary alicyclic amines) is 1. The van der Waals surface area contributed by atoms with Gasteiger partial charge in [-0.3, -0.25) is 14.5 Å². The van der Waals surface area contributed by atoms with Crippen molar-refractivity contribution in [3.8, 4) is 0 Å². The summed E-state index contributed by atoms with van der Waals surface area (Å²) in [6.07, 6.45) is 4.73. The molecule has 2 aliphatic heterocycles. The summed E-state index contributed by atoms with van der Waals surface area (Å²) in [5.74, 6) is -0.0860. The van der Waals surface area contributed by atoms with Crippen molar-refractivity contribution in [2.45, 2.75) is 83.0 Å². The summed E-state index contributed by atoms with van der Waals surface area (Å²) < 4.78 is 12.9. The van der Waals surface area contributed by atoms with Gasteiger partial charge >= 0.3 is 0 Å². The second-order valence-corrected chi connectivity index (χ2v) is 10.8. The van der Waals surface area contributed by atoms with Gasteiger partial charge in [0, 0.05) is 50.1 Å². The minimum absolute atomic E-state index is 0.00669. The van der Waals surface area contributed by atoms with Crippen LogP contribution in [0, 0.1) is 0 Å². The number of ether oxygens (including phenoxy) is 2. The van der Waals surface area contributed by atoms with Crippen LogP contribution in [0.25, 0.3) is 0 Å². The van der Waals surface area contributed by atoms with Gasteiger partial charge in [-0.1, -0.05) is 42.8 Å². The Morgan fingerprint density at radius 1 is 1.02 bits per heavy atom. The highest BCUT2D eigenvalue weighted by Gasteiger charge is 2.35. The molecule has 4 rings (SSSR count). The molecular weight excluding hydrogens is 510 g/mol. The van der Waals surface area contributed by atoms with Gasteiger partial charge in [0.2, 0.25) is 11.8 Å². The third kappa shape index (κ3) is 8.84. The number of nitrogens with zero attached hydrogens (tertiary/aromatic N) is 1. The molecule has 0 aliphatic carbocycles. The number of amides is 2. The number of benzene rings is 2. The number of hydrogen-bond acceptors (Lipinski definition) is 7. The smallest absolute Gasteiger partial charge is 0.224 e. The number of carbonyl (C=O) groups is 2. The lowest BCUT2D eigenvalue weighted by atomic mass is 9.99. The Labute approximate surface area is 236 Å². The van der Waals surface area contributed by atoms with Crippen LogP contribution in [0.3, 0.4) is 0 Å². The second-order valence-electron chi connectivity index (χ2n) is 10.8. The van der Waals surface area contributed by atoms with Crippen LogP contribution in [0.15, 0.2) is 48.5 Å². The molecule has 9 heteroatoms. The summed E-state index contributed by atoms with van der Waals surface area (Å²) in [4.78, 5) is 25.8. The van der Waals surface area contributed by atoms with E-state index >= 15 is 0 Å². The summed E-state index contributed by atoms with van der Waals surface area (Å²) in [6, 6.07) is 15.6. The SMILES string of the molecule is CC(=O)NCCCCCC(=O)Nc1cccc(C2OC(CN3CCCC3CO)CC(c3ccc(CO)cc3)O2)c1. The molecule has 2 aromatic carbocycles. The number of rotatable bonds is 13. The molecule has 0 spiro atoms. The first-order chi connectivity index (χ1) is 19.4. The molecule has 0 aromatic heterocycles. The molecule has 0 radical (unpaired) electrons. The predicted octanol–water partition coefficient (Wildman–Crippen LogP) is 3.82. The van der Waals surface area contributed by atoms with Crippen LogP contribution >= 0.6 is 0 Å². The minimum Gasteiger partial charge on any atom is -0.395 e. The molecule has 2 saturated heterocycles. The lowest BCUT2D eigenvalue weighted by Gasteiger charge is -2.38. The zero-order valence-electron chi connectivity index (χ0n) is 23.4. The van der Waals surface area contributed by atoms with Crippen LogP contribution in [0.5, 0.6) is 0 Å². The van der Waals surface area contributed by atoms with E-state index in [-0.39, 0.29) is 43.3 Å². The van der Waals surface area contributed by atoms with Crippen LogP contribution in [-0.4, -0.2) is 65.3 Å². The fourth-order valence-electron chi connectivity index (χ4n) is 5.48. The van der Waals surface area contributed by atoms with E-state index in [1.165, 1.54) is 6.92 Å². The first kappa shape index (κ1) is 30.1. The van der Waals surface area contributed by atoms with Gasteiger partial charge in [-0.05, 0) is 55.5 Å². The number of aliphatic hydroxyl groups is 2. The van der Waals surface area contributed by atoms with E-state index in [0.717, 1.165) is 55.3 Å². The van der Waals surface area contributed by atoms with Gasteiger partial charge in [0.1, 0.15) is 0 Å². The molecule has 40 heavy (non-hydrogen) atoms. The Bertz CT molecular complexity index is 1090. The van der Waals surface area contributed by atoms with Crippen LogP contribution < -0.4 is 10.6 Å². The van der Waals surface area contributed by atoms with Crippen molar-refractivity contribution in [3.63, 3.8) is 0 Å². The highest BCUT2D eigenvalue weighted by molar-refractivity contribution is 5.90. The normalized spacial score (nSPS) is 23.2. The maximum Gasteiger partial charge on any atom is 0.224 e. The van der Waals surface area contributed by atoms with Crippen molar-refractivity contribution in [1.29, 1.82) is 0 Å². The van der Waals surface area contributed by atoms with Crippen LogP contribution in [0.1, 0.15) is 81.0 Å². The first-order valence-corrected chi connectivity index (χ1v) is 14.4. The molecule has 2 amide bonds. The van der Waals surface area contributed by atoms with Crippen molar-refractivity contribution < 1.29 is 29.3 Å². The minimum atomic E-state index is -0.609. The van der Waals surface area contributed by atoms with E-state index < -0.39 is 6.29 Å². The Morgan fingerprint density at radius 3 is 2.60 bits per heavy atom. The number of hydrogen-bond donors (Lipinski definition) is 4. The molecule has 4 atom stereocenters. The standard InChI is InChI=1S/C31H43N3O6/c1-22(37)32-15-4-2-3-10-30(38)33-26-8-5-7-25(17-26)31-39-28(19-34-16-6-9-27(34)21-36)18-29(40-31)24-13-11-23(20-35)12-14-24/h5,7-8,11-14,17,27-29,31,35-36H,2-4,6,9-10,15-16,18-21H2,1H3,(H,32,37)(H,33,38). The van der Waals surface area contributed by atoms with Crippen molar-refractivity contribution in [3.05, 3.63) is 65.2 Å². The highest BCUT2D eigenvalue weighted by atomic mass is 16.7. The topological polar surface area (TPSA) is 120 Å².